The molecule has 0 amide bonds. The zero-order valence-electron chi connectivity index (χ0n) is 18.4. The van der Waals surface area contributed by atoms with Gasteiger partial charge in [-0.1, -0.05) is 24.3 Å². The molecule has 7 rings (SSSR count). The van der Waals surface area contributed by atoms with E-state index in [-0.39, 0.29) is 17.3 Å². The van der Waals surface area contributed by atoms with E-state index in [1.165, 1.54) is 35.1 Å². The summed E-state index contributed by atoms with van der Waals surface area (Å²) in [7, 11) is 0. The Hall–Kier alpha value is -4.92. The first kappa shape index (κ1) is 20.5. The van der Waals surface area contributed by atoms with Crippen LogP contribution in [-0.4, -0.2) is 19.6 Å². The van der Waals surface area contributed by atoms with E-state index >= 15 is 0 Å². The second-order valence-electron chi connectivity index (χ2n) is 8.39. The standard InChI is InChI=1S/C27H14F2N4O3/c28-16-10-8-14(9-11-16)24-31-25-22-20(15-4-3-5-17(29)12-15)21-23(36-26(22)30-13-33(25)32-24)18-6-1-2-7-19(18)35-27(21)34/h1-13,20H. The summed E-state index contributed by atoms with van der Waals surface area (Å²) in [6.45, 7) is 0. The molecular weight excluding hydrogens is 466 g/mol. The average molecular weight is 480 g/mol. The quantitative estimate of drug-likeness (QED) is 0.306. The summed E-state index contributed by atoms with van der Waals surface area (Å²) >= 11 is 0. The maximum atomic E-state index is 14.4. The van der Waals surface area contributed by atoms with Crippen molar-refractivity contribution in [2.45, 2.75) is 5.92 Å². The van der Waals surface area contributed by atoms with Gasteiger partial charge in [0.05, 0.1) is 22.4 Å². The van der Waals surface area contributed by atoms with Gasteiger partial charge in [-0.3, -0.25) is 0 Å². The van der Waals surface area contributed by atoms with Crippen LogP contribution in [0, 0.1) is 11.6 Å². The Morgan fingerprint density at radius 1 is 0.889 bits per heavy atom. The molecule has 0 spiro atoms. The molecule has 1 unspecified atom stereocenters. The summed E-state index contributed by atoms with van der Waals surface area (Å²) in [6, 6.07) is 18.8. The van der Waals surface area contributed by atoms with Crippen LogP contribution in [0.15, 0.2) is 88.3 Å². The second-order valence-corrected chi connectivity index (χ2v) is 8.39. The lowest BCUT2D eigenvalue weighted by atomic mass is 9.84. The molecule has 9 heteroatoms. The molecule has 1 aliphatic rings. The van der Waals surface area contributed by atoms with Crippen molar-refractivity contribution in [2.24, 2.45) is 0 Å². The van der Waals surface area contributed by atoms with Gasteiger partial charge in [-0.05, 0) is 54.1 Å². The first-order chi connectivity index (χ1) is 17.6. The van der Waals surface area contributed by atoms with E-state index in [0.717, 1.165) is 0 Å². The molecule has 0 saturated heterocycles. The van der Waals surface area contributed by atoms with Gasteiger partial charge in [0, 0.05) is 5.56 Å². The van der Waals surface area contributed by atoms with Gasteiger partial charge in [-0.25, -0.2) is 28.1 Å². The monoisotopic (exact) mass is 480 g/mol. The van der Waals surface area contributed by atoms with Crippen molar-refractivity contribution in [1.82, 2.24) is 19.6 Å². The topological polar surface area (TPSA) is 82.5 Å². The highest BCUT2D eigenvalue weighted by Crippen LogP contribution is 2.48. The van der Waals surface area contributed by atoms with E-state index in [1.54, 1.807) is 42.5 Å². The molecule has 3 aromatic heterocycles. The first-order valence-electron chi connectivity index (χ1n) is 11.1. The molecule has 0 N–H and O–H groups in total. The Morgan fingerprint density at radius 3 is 2.56 bits per heavy atom. The predicted octanol–water partition coefficient (Wildman–Crippen LogP) is 5.46. The highest BCUT2D eigenvalue weighted by atomic mass is 19.1. The molecule has 6 aromatic rings. The van der Waals surface area contributed by atoms with Gasteiger partial charge < -0.3 is 9.15 Å². The Labute approximate surface area is 201 Å². The normalized spacial score (nSPS) is 14.4. The van der Waals surface area contributed by atoms with Crippen molar-refractivity contribution >= 4 is 16.6 Å². The van der Waals surface area contributed by atoms with Crippen molar-refractivity contribution < 1.29 is 17.9 Å². The summed E-state index contributed by atoms with van der Waals surface area (Å²) < 4.78 is 41.1. The van der Waals surface area contributed by atoms with Crippen molar-refractivity contribution in [3.05, 3.63) is 118 Å². The minimum absolute atomic E-state index is 0.216. The van der Waals surface area contributed by atoms with E-state index in [2.05, 4.69) is 15.1 Å². The summed E-state index contributed by atoms with van der Waals surface area (Å²) in [4.78, 5) is 22.4. The maximum absolute atomic E-state index is 14.4. The Morgan fingerprint density at radius 2 is 1.72 bits per heavy atom. The van der Waals surface area contributed by atoms with E-state index in [4.69, 9.17) is 9.15 Å². The van der Waals surface area contributed by atoms with Crippen LogP contribution in [0.5, 0.6) is 11.6 Å². The zero-order chi connectivity index (χ0) is 24.4. The maximum Gasteiger partial charge on any atom is 0.344 e. The van der Waals surface area contributed by atoms with Crippen LogP contribution in [0.2, 0.25) is 0 Å². The fourth-order valence-electron chi connectivity index (χ4n) is 4.67. The van der Waals surface area contributed by atoms with Crippen molar-refractivity contribution in [3.8, 4) is 23.0 Å². The number of hydrogen-bond donors (Lipinski definition) is 0. The van der Waals surface area contributed by atoms with Crippen molar-refractivity contribution in [3.63, 3.8) is 0 Å². The first-order valence-corrected chi connectivity index (χ1v) is 11.1. The zero-order valence-corrected chi connectivity index (χ0v) is 18.4. The Bertz CT molecular complexity index is 1880. The Balaban J connectivity index is 1.55. The third-order valence-corrected chi connectivity index (χ3v) is 6.25. The molecule has 0 radical (unpaired) electrons. The van der Waals surface area contributed by atoms with Crippen molar-refractivity contribution in [2.75, 3.05) is 0 Å². The van der Waals surface area contributed by atoms with Gasteiger partial charge in [-0.2, -0.15) is 0 Å². The molecule has 0 bridgehead atoms. The van der Waals surface area contributed by atoms with Crippen LogP contribution in [0.4, 0.5) is 8.78 Å². The molecule has 4 heterocycles. The molecule has 36 heavy (non-hydrogen) atoms. The Kier molecular flexibility index (Phi) is 4.28. The lowest BCUT2D eigenvalue weighted by Crippen LogP contribution is -2.22. The van der Waals surface area contributed by atoms with Gasteiger partial charge in [0.2, 0.25) is 5.88 Å². The molecule has 3 aromatic carbocycles. The van der Waals surface area contributed by atoms with Gasteiger partial charge in [0.25, 0.3) is 0 Å². The lowest BCUT2D eigenvalue weighted by molar-refractivity contribution is 0.422. The van der Waals surface area contributed by atoms with Crippen molar-refractivity contribution in [1.29, 1.82) is 0 Å². The highest BCUT2D eigenvalue weighted by Gasteiger charge is 2.37. The number of fused-ring (bicyclic) bond motifs is 6. The number of benzene rings is 3. The molecule has 174 valence electrons. The van der Waals surface area contributed by atoms with Crippen LogP contribution in [0.25, 0.3) is 28.0 Å². The van der Waals surface area contributed by atoms with Crippen LogP contribution in [0.1, 0.15) is 22.6 Å². The average Bonchev–Trinajstić information content (AvgIpc) is 3.33. The van der Waals surface area contributed by atoms with Gasteiger partial charge >= 0.3 is 5.63 Å². The van der Waals surface area contributed by atoms with E-state index in [9.17, 15) is 13.6 Å². The molecule has 7 nitrogen and oxygen atoms in total. The number of hydrogen-bond acceptors (Lipinski definition) is 6. The molecule has 0 saturated carbocycles. The second kappa shape index (κ2) is 7.54. The fourth-order valence-corrected chi connectivity index (χ4v) is 4.67. The SMILES string of the molecule is O=c1oc2ccccc2c2c1C(c1cccc(F)c1)c1c(ncn3nc(-c4ccc(F)cc4)nc13)O2. The summed E-state index contributed by atoms with van der Waals surface area (Å²) in [6.07, 6.45) is 1.45. The molecule has 0 aliphatic carbocycles. The van der Waals surface area contributed by atoms with Crippen LogP contribution in [0.3, 0.4) is 0 Å². The minimum Gasteiger partial charge on any atom is -0.437 e. The van der Waals surface area contributed by atoms with Crippen LogP contribution in [-0.2, 0) is 0 Å². The number of rotatable bonds is 2. The number of halogens is 2. The van der Waals surface area contributed by atoms with Gasteiger partial charge in [0.15, 0.2) is 17.2 Å². The molecular formula is C27H14F2N4O3. The third-order valence-electron chi connectivity index (χ3n) is 6.25. The number of ether oxygens (including phenoxy) is 1. The van der Waals surface area contributed by atoms with E-state index < -0.39 is 17.4 Å². The number of nitrogens with zero attached hydrogens (tertiary/aromatic N) is 4. The van der Waals surface area contributed by atoms with Gasteiger partial charge in [0.1, 0.15) is 23.5 Å². The lowest BCUT2D eigenvalue weighted by Gasteiger charge is -2.27. The van der Waals surface area contributed by atoms with E-state index in [0.29, 0.717) is 44.9 Å². The van der Waals surface area contributed by atoms with Crippen LogP contribution < -0.4 is 10.4 Å². The number of aromatic nitrogens is 4. The summed E-state index contributed by atoms with van der Waals surface area (Å²) in [5.41, 5.74) is 1.89. The summed E-state index contributed by atoms with van der Waals surface area (Å²) in [5, 5.41) is 5.08. The molecule has 1 atom stereocenters. The smallest absolute Gasteiger partial charge is 0.344 e. The largest absolute Gasteiger partial charge is 0.437 e. The minimum atomic E-state index is -0.790. The third kappa shape index (κ3) is 3.02. The molecule has 0 fully saturated rings. The summed E-state index contributed by atoms with van der Waals surface area (Å²) in [5.74, 6) is -0.768. The predicted molar refractivity (Wildman–Crippen MR) is 126 cm³/mol. The van der Waals surface area contributed by atoms with E-state index in [1.807, 2.05) is 6.07 Å². The molecule has 1 aliphatic heterocycles. The highest BCUT2D eigenvalue weighted by molar-refractivity contribution is 5.86. The van der Waals surface area contributed by atoms with Gasteiger partial charge in [-0.15, -0.1) is 5.10 Å². The fraction of sp³-hybridized carbons (Fsp3) is 0.0370. The number of para-hydroxylation sites is 1. The van der Waals surface area contributed by atoms with Crippen LogP contribution >= 0.6 is 0 Å².